The second-order valence-corrected chi connectivity index (χ2v) is 5.12. The Balaban J connectivity index is 2.18. The number of benzene rings is 2. The molecule has 0 saturated carbocycles. The van der Waals surface area contributed by atoms with Crippen molar-refractivity contribution in [3.8, 4) is 0 Å². The fourth-order valence-corrected chi connectivity index (χ4v) is 2.45. The van der Waals surface area contributed by atoms with Crippen molar-refractivity contribution in [3.63, 3.8) is 0 Å². The molecule has 3 aromatic rings. The number of fused-ring (bicyclic) bond motifs is 1. The Hall–Kier alpha value is -2.55. The monoisotopic (exact) mass is 264 g/mol. The topological polar surface area (TPSA) is 58.9 Å². The highest BCUT2D eigenvalue weighted by molar-refractivity contribution is 6.18. The van der Waals surface area contributed by atoms with Crippen LogP contribution in [-0.4, -0.2) is 10.8 Å². The smallest absolute Gasteiger partial charge is 0.197 e. The zero-order valence-corrected chi connectivity index (χ0v) is 11.5. The van der Waals surface area contributed by atoms with E-state index in [1.54, 1.807) is 12.3 Å². The minimum absolute atomic E-state index is 0.0388. The highest BCUT2D eigenvalue weighted by Crippen LogP contribution is 2.25. The molecule has 2 aromatic carbocycles. The Labute approximate surface area is 117 Å². The van der Waals surface area contributed by atoms with Gasteiger partial charge in [0.05, 0.1) is 0 Å². The number of anilines is 1. The summed E-state index contributed by atoms with van der Waals surface area (Å²) in [5.74, 6) is -0.0388. The molecule has 0 unspecified atom stereocenters. The average Bonchev–Trinajstić information content (AvgIpc) is 2.84. The highest BCUT2D eigenvalue weighted by Gasteiger charge is 2.17. The Morgan fingerprint density at radius 1 is 1.10 bits per heavy atom. The Bertz CT molecular complexity index is 815. The number of ketones is 1. The minimum Gasteiger partial charge on any atom is -0.398 e. The van der Waals surface area contributed by atoms with E-state index in [0.717, 1.165) is 22.0 Å². The van der Waals surface area contributed by atoms with Crippen molar-refractivity contribution < 1.29 is 4.79 Å². The van der Waals surface area contributed by atoms with E-state index in [-0.39, 0.29) is 5.78 Å². The van der Waals surface area contributed by atoms with Crippen LogP contribution >= 0.6 is 0 Å². The first-order chi connectivity index (χ1) is 9.58. The maximum atomic E-state index is 12.7. The van der Waals surface area contributed by atoms with Crippen LogP contribution in [0.3, 0.4) is 0 Å². The second kappa shape index (κ2) is 4.53. The zero-order chi connectivity index (χ0) is 14.3. The molecule has 0 radical (unpaired) electrons. The number of para-hydroxylation sites is 1. The number of H-pyrrole nitrogens is 1. The number of hydrogen-bond acceptors (Lipinski definition) is 2. The van der Waals surface area contributed by atoms with Gasteiger partial charge in [-0.2, -0.15) is 0 Å². The van der Waals surface area contributed by atoms with Crippen molar-refractivity contribution in [1.29, 1.82) is 0 Å². The number of aromatic amines is 1. The first-order valence-electron chi connectivity index (χ1n) is 6.55. The van der Waals surface area contributed by atoms with E-state index in [4.69, 9.17) is 5.73 Å². The van der Waals surface area contributed by atoms with Gasteiger partial charge in [-0.1, -0.05) is 23.8 Å². The largest absolute Gasteiger partial charge is 0.398 e. The molecule has 0 spiro atoms. The van der Waals surface area contributed by atoms with Crippen molar-refractivity contribution in [1.82, 2.24) is 4.98 Å². The molecule has 3 N–H and O–H groups in total. The Morgan fingerprint density at radius 2 is 1.90 bits per heavy atom. The van der Waals surface area contributed by atoms with Gasteiger partial charge in [0.25, 0.3) is 0 Å². The molecule has 20 heavy (non-hydrogen) atoms. The van der Waals surface area contributed by atoms with E-state index in [9.17, 15) is 4.79 Å². The molecule has 0 saturated heterocycles. The van der Waals surface area contributed by atoms with E-state index in [1.165, 1.54) is 0 Å². The molecular formula is C17H16N2O. The number of hydrogen-bond donors (Lipinski definition) is 2. The molecule has 0 aliphatic carbocycles. The number of aromatic nitrogens is 1. The van der Waals surface area contributed by atoms with Crippen molar-refractivity contribution in [2.45, 2.75) is 13.8 Å². The predicted molar refractivity (Wildman–Crippen MR) is 82.1 cm³/mol. The Morgan fingerprint density at radius 3 is 2.70 bits per heavy atom. The summed E-state index contributed by atoms with van der Waals surface area (Å²) in [4.78, 5) is 15.8. The lowest BCUT2D eigenvalue weighted by Gasteiger charge is -2.06. The summed E-state index contributed by atoms with van der Waals surface area (Å²) in [5.41, 5.74) is 10.8. The quantitative estimate of drug-likeness (QED) is 0.549. The van der Waals surface area contributed by atoms with Gasteiger partial charge in [-0.3, -0.25) is 4.79 Å². The van der Waals surface area contributed by atoms with E-state index >= 15 is 0 Å². The van der Waals surface area contributed by atoms with Gasteiger partial charge in [-0.25, -0.2) is 0 Å². The maximum Gasteiger partial charge on any atom is 0.197 e. The van der Waals surface area contributed by atoms with Crippen LogP contribution in [0.1, 0.15) is 27.0 Å². The van der Waals surface area contributed by atoms with Crippen LogP contribution in [-0.2, 0) is 0 Å². The van der Waals surface area contributed by atoms with Gasteiger partial charge in [0.2, 0.25) is 0 Å². The number of nitrogen functional groups attached to an aromatic ring is 1. The van der Waals surface area contributed by atoms with Gasteiger partial charge in [0.1, 0.15) is 0 Å². The molecular weight excluding hydrogens is 248 g/mol. The summed E-state index contributed by atoms with van der Waals surface area (Å²) < 4.78 is 0. The number of carbonyl (C=O) groups is 1. The third-order valence-electron chi connectivity index (χ3n) is 3.65. The van der Waals surface area contributed by atoms with Crippen LogP contribution in [0.25, 0.3) is 10.9 Å². The summed E-state index contributed by atoms with van der Waals surface area (Å²) in [6.07, 6.45) is 1.76. The van der Waals surface area contributed by atoms with Crippen LogP contribution in [0, 0.1) is 13.8 Å². The zero-order valence-electron chi connectivity index (χ0n) is 11.5. The standard InChI is InChI=1S/C17H16N2O/c1-10-6-7-15-13(8-10)14(9-19-15)17(20)12-5-3-4-11(2)16(12)18/h3-9,19H,18H2,1-2H3. The van der Waals surface area contributed by atoms with Gasteiger partial charge in [0, 0.05) is 33.9 Å². The summed E-state index contributed by atoms with van der Waals surface area (Å²) >= 11 is 0. The van der Waals surface area contributed by atoms with Gasteiger partial charge >= 0.3 is 0 Å². The van der Waals surface area contributed by atoms with Crippen molar-refractivity contribution in [3.05, 3.63) is 64.8 Å². The third-order valence-corrected chi connectivity index (χ3v) is 3.65. The normalized spacial score (nSPS) is 10.9. The lowest BCUT2D eigenvalue weighted by molar-refractivity contribution is 0.104. The molecule has 0 fully saturated rings. The number of nitrogens with two attached hydrogens (primary N) is 1. The van der Waals surface area contributed by atoms with Crippen LogP contribution in [0.2, 0.25) is 0 Å². The summed E-state index contributed by atoms with van der Waals surface area (Å²) in [6, 6.07) is 11.6. The molecule has 3 rings (SSSR count). The first kappa shape index (κ1) is 12.5. The fourth-order valence-electron chi connectivity index (χ4n) is 2.45. The fraction of sp³-hybridized carbons (Fsp3) is 0.118. The lowest BCUT2D eigenvalue weighted by Crippen LogP contribution is -2.06. The van der Waals surface area contributed by atoms with Gasteiger partial charge < -0.3 is 10.7 Å². The van der Waals surface area contributed by atoms with E-state index < -0.39 is 0 Å². The minimum atomic E-state index is -0.0388. The number of carbonyl (C=O) groups excluding carboxylic acids is 1. The van der Waals surface area contributed by atoms with Crippen molar-refractivity contribution in [2.24, 2.45) is 0 Å². The molecule has 100 valence electrons. The molecule has 0 atom stereocenters. The third kappa shape index (κ3) is 1.88. The van der Waals surface area contributed by atoms with Crippen LogP contribution in [0.4, 0.5) is 5.69 Å². The number of rotatable bonds is 2. The summed E-state index contributed by atoms with van der Waals surface area (Å²) in [5, 5.41) is 0.941. The SMILES string of the molecule is Cc1ccc2[nH]cc(C(=O)c3cccc(C)c3N)c2c1. The maximum absolute atomic E-state index is 12.7. The second-order valence-electron chi connectivity index (χ2n) is 5.12. The molecule has 0 amide bonds. The highest BCUT2D eigenvalue weighted by atomic mass is 16.1. The lowest BCUT2D eigenvalue weighted by atomic mass is 9.98. The van der Waals surface area contributed by atoms with E-state index in [1.807, 2.05) is 44.2 Å². The number of nitrogens with one attached hydrogen (secondary N) is 1. The number of aryl methyl sites for hydroxylation is 2. The molecule has 1 heterocycles. The first-order valence-corrected chi connectivity index (χ1v) is 6.55. The van der Waals surface area contributed by atoms with Gasteiger partial charge in [0.15, 0.2) is 5.78 Å². The molecule has 3 nitrogen and oxygen atoms in total. The van der Waals surface area contributed by atoms with Crippen molar-refractivity contribution in [2.75, 3.05) is 5.73 Å². The average molecular weight is 264 g/mol. The van der Waals surface area contributed by atoms with Crippen molar-refractivity contribution >= 4 is 22.4 Å². The van der Waals surface area contributed by atoms with Crippen LogP contribution in [0.15, 0.2) is 42.6 Å². The van der Waals surface area contributed by atoms with Crippen LogP contribution in [0.5, 0.6) is 0 Å². The molecule has 0 bridgehead atoms. The molecule has 0 aliphatic rings. The summed E-state index contributed by atoms with van der Waals surface area (Å²) in [6.45, 7) is 3.92. The predicted octanol–water partition coefficient (Wildman–Crippen LogP) is 3.60. The van der Waals surface area contributed by atoms with E-state index in [0.29, 0.717) is 16.8 Å². The Kier molecular flexibility index (Phi) is 2.83. The molecule has 3 heteroatoms. The van der Waals surface area contributed by atoms with E-state index in [2.05, 4.69) is 4.98 Å². The molecule has 0 aliphatic heterocycles. The summed E-state index contributed by atoms with van der Waals surface area (Å²) in [7, 11) is 0. The molecule has 1 aromatic heterocycles. The van der Waals surface area contributed by atoms with Crippen LogP contribution < -0.4 is 5.73 Å². The van der Waals surface area contributed by atoms with Gasteiger partial charge in [-0.15, -0.1) is 0 Å². The van der Waals surface area contributed by atoms with Gasteiger partial charge in [-0.05, 0) is 37.6 Å².